The van der Waals surface area contributed by atoms with Crippen LogP contribution in [-0.2, 0) is 0 Å². The lowest BCUT2D eigenvalue weighted by molar-refractivity contribution is -0.384. The molecule has 0 radical (unpaired) electrons. The number of nitrogens with zero attached hydrogens (tertiary/aromatic N) is 4. The van der Waals surface area contributed by atoms with Gasteiger partial charge in [-0.15, -0.1) is 0 Å². The smallest absolute Gasteiger partial charge is 0.350 e. The number of nitrogens with two attached hydrogens (primary N) is 1. The summed E-state index contributed by atoms with van der Waals surface area (Å²) in [5.41, 5.74) is 4.96. The molecule has 1 aromatic rings. The molecule has 2 N–H and O–H groups in total. The van der Waals surface area contributed by atoms with Crippen molar-refractivity contribution in [3.8, 4) is 0 Å². The Morgan fingerprint density at radius 3 is 2.93 bits per heavy atom. The Kier molecular flexibility index (Phi) is 3.81. The molecule has 15 heavy (non-hydrogen) atoms. The Hall–Kier alpha value is -1.41. The first-order chi connectivity index (χ1) is 7.06. The van der Waals surface area contributed by atoms with Crippen molar-refractivity contribution in [2.24, 2.45) is 10.7 Å². The number of hydrogen-bond acceptors (Lipinski definition) is 6. The second kappa shape index (κ2) is 4.89. The van der Waals surface area contributed by atoms with Crippen molar-refractivity contribution < 1.29 is 4.92 Å². The van der Waals surface area contributed by atoms with E-state index in [-0.39, 0.29) is 16.1 Å². The predicted molar refractivity (Wildman–Crippen MR) is 58.5 cm³/mol. The molecule has 0 amide bonds. The zero-order valence-electron chi connectivity index (χ0n) is 7.55. The fourth-order valence-corrected chi connectivity index (χ4v) is 1.11. The minimum absolute atomic E-state index is 0.146. The summed E-state index contributed by atoms with van der Waals surface area (Å²) >= 11 is 6.69. The summed E-state index contributed by atoms with van der Waals surface area (Å²) < 4.78 is 0. The summed E-state index contributed by atoms with van der Waals surface area (Å²) in [5, 5.41) is 10.5. The largest absolute Gasteiger partial charge is 0.378 e. The molecule has 0 aliphatic rings. The van der Waals surface area contributed by atoms with Gasteiger partial charge in [-0.2, -0.15) is 4.99 Å². The highest BCUT2D eigenvalue weighted by molar-refractivity contribution is 8.13. The quantitative estimate of drug-likeness (QED) is 0.278. The van der Waals surface area contributed by atoms with Crippen LogP contribution in [0.2, 0.25) is 5.15 Å². The van der Waals surface area contributed by atoms with Gasteiger partial charge in [-0.1, -0.05) is 23.4 Å². The van der Waals surface area contributed by atoms with Crippen LogP contribution in [0.4, 0.5) is 11.5 Å². The van der Waals surface area contributed by atoms with Crippen LogP contribution in [0, 0.1) is 10.1 Å². The summed E-state index contributed by atoms with van der Waals surface area (Å²) in [5.74, 6) is -0.146. The van der Waals surface area contributed by atoms with Gasteiger partial charge in [0.1, 0.15) is 6.33 Å². The minimum Gasteiger partial charge on any atom is -0.378 e. The van der Waals surface area contributed by atoms with Gasteiger partial charge in [-0.3, -0.25) is 10.1 Å². The van der Waals surface area contributed by atoms with Crippen molar-refractivity contribution in [2.45, 2.75) is 0 Å². The van der Waals surface area contributed by atoms with Crippen molar-refractivity contribution in [3.05, 3.63) is 21.6 Å². The molecule has 0 saturated carbocycles. The van der Waals surface area contributed by atoms with Crippen LogP contribution in [0.3, 0.4) is 0 Å². The molecule has 0 unspecified atom stereocenters. The highest BCUT2D eigenvalue weighted by atomic mass is 35.5. The van der Waals surface area contributed by atoms with Crippen molar-refractivity contribution >= 4 is 40.0 Å². The van der Waals surface area contributed by atoms with E-state index in [1.807, 2.05) is 0 Å². The van der Waals surface area contributed by atoms with E-state index in [9.17, 15) is 10.1 Å². The standard InChI is InChI=1S/C6H6ClN5O2S/c1-15-6(8)11-5-3(12(13)14)4(7)9-2-10-5/h2H,1H3,(H2,8,9,10,11). The molecule has 0 atom stereocenters. The number of aliphatic imine (C=N–C) groups is 1. The third kappa shape index (κ3) is 2.77. The number of rotatable bonds is 2. The number of halogens is 1. The number of aromatic nitrogens is 2. The van der Waals surface area contributed by atoms with E-state index >= 15 is 0 Å². The van der Waals surface area contributed by atoms with Crippen LogP contribution in [0.25, 0.3) is 0 Å². The maximum Gasteiger partial charge on any atom is 0.350 e. The lowest BCUT2D eigenvalue weighted by Crippen LogP contribution is -2.05. The Morgan fingerprint density at radius 1 is 1.73 bits per heavy atom. The number of nitro groups is 1. The van der Waals surface area contributed by atoms with E-state index in [0.717, 1.165) is 18.1 Å². The lowest BCUT2D eigenvalue weighted by atomic mass is 10.5. The molecule has 7 nitrogen and oxygen atoms in total. The Labute approximate surface area is 93.9 Å². The van der Waals surface area contributed by atoms with Gasteiger partial charge in [-0.25, -0.2) is 9.97 Å². The van der Waals surface area contributed by atoms with E-state index in [1.54, 1.807) is 6.26 Å². The van der Waals surface area contributed by atoms with Crippen LogP contribution in [0.15, 0.2) is 11.3 Å². The molecule has 0 saturated heterocycles. The summed E-state index contributed by atoms with van der Waals surface area (Å²) in [7, 11) is 0. The second-order valence-corrected chi connectivity index (χ2v) is 3.43. The topological polar surface area (TPSA) is 107 Å². The fraction of sp³-hybridized carbons (Fsp3) is 0.167. The first-order valence-corrected chi connectivity index (χ1v) is 5.19. The molecule has 80 valence electrons. The Morgan fingerprint density at radius 2 is 2.40 bits per heavy atom. The minimum atomic E-state index is -0.700. The third-order valence-corrected chi connectivity index (χ3v) is 2.15. The van der Waals surface area contributed by atoms with Gasteiger partial charge in [0.25, 0.3) is 0 Å². The number of amidine groups is 1. The fourth-order valence-electron chi connectivity index (χ4n) is 0.738. The van der Waals surface area contributed by atoms with Gasteiger partial charge in [0.2, 0.25) is 11.0 Å². The molecular formula is C6H6ClN5O2S. The molecule has 0 fully saturated rings. The maximum atomic E-state index is 10.6. The molecule has 1 aromatic heterocycles. The molecule has 0 aliphatic heterocycles. The van der Waals surface area contributed by atoms with Gasteiger partial charge in [-0.05, 0) is 6.26 Å². The van der Waals surface area contributed by atoms with Crippen LogP contribution in [0.5, 0.6) is 0 Å². The molecule has 0 aliphatic carbocycles. The average molecular weight is 248 g/mol. The van der Waals surface area contributed by atoms with Crippen molar-refractivity contribution in [3.63, 3.8) is 0 Å². The zero-order valence-corrected chi connectivity index (χ0v) is 9.12. The summed E-state index contributed by atoms with van der Waals surface area (Å²) in [4.78, 5) is 20.8. The number of thioether (sulfide) groups is 1. The first kappa shape index (κ1) is 11.7. The summed E-state index contributed by atoms with van der Waals surface area (Å²) in [6.07, 6.45) is 2.77. The van der Waals surface area contributed by atoms with Gasteiger partial charge < -0.3 is 5.73 Å². The summed E-state index contributed by atoms with van der Waals surface area (Å²) in [6.45, 7) is 0. The van der Waals surface area contributed by atoms with Crippen molar-refractivity contribution in [2.75, 3.05) is 6.26 Å². The highest BCUT2D eigenvalue weighted by Crippen LogP contribution is 2.30. The van der Waals surface area contributed by atoms with Crippen molar-refractivity contribution in [1.29, 1.82) is 0 Å². The Balaban J connectivity index is 3.29. The van der Waals surface area contributed by atoms with Gasteiger partial charge >= 0.3 is 5.69 Å². The maximum absolute atomic E-state index is 10.6. The number of hydrogen-bond donors (Lipinski definition) is 1. The lowest BCUT2D eigenvalue weighted by Gasteiger charge is -1.98. The molecule has 1 heterocycles. The van der Waals surface area contributed by atoms with Crippen LogP contribution in [-0.4, -0.2) is 26.3 Å². The monoisotopic (exact) mass is 247 g/mol. The summed E-state index contributed by atoms with van der Waals surface area (Å²) in [6, 6.07) is 0. The SMILES string of the molecule is CS/C(N)=N\c1ncnc(Cl)c1[N+](=O)[O-]. The van der Waals surface area contributed by atoms with Crippen LogP contribution >= 0.6 is 23.4 Å². The predicted octanol–water partition coefficient (Wildman–Crippen LogP) is 1.35. The third-order valence-electron chi connectivity index (χ3n) is 1.37. The molecule has 9 heteroatoms. The van der Waals surface area contributed by atoms with Crippen LogP contribution < -0.4 is 5.73 Å². The molecule has 0 spiro atoms. The highest BCUT2D eigenvalue weighted by Gasteiger charge is 2.21. The van der Waals surface area contributed by atoms with E-state index in [2.05, 4.69) is 15.0 Å². The van der Waals surface area contributed by atoms with Crippen molar-refractivity contribution in [1.82, 2.24) is 9.97 Å². The normalized spacial score (nSPS) is 11.5. The average Bonchev–Trinajstić information content (AvgIpc) is 2.17. The van der Waals surface area contributed by atoms with Gasteiger partial charge in [0, 0.05) is 0 Å². The first-order valence-electron chi connectivity index (χ1n) is 3.59. The Bertz CT molecular complexity index is 424. The van der Waals surface area contributed by atoms with Gasteiger partial charge in [0.05, 0.1) is 4.92 Å². The van der Waals surface area contributed by atoms with Gasteiger partial charge in [0.15, 0.2) is 5.17 Å². The molecular weight excluding hydrogens is 242 g/mol. The van der Waals surface area contributed by atoms with E-state index in [1.165, 1.54) is 0 Å². The molecule has 0 aromatic carbocycles. The molecule has 0 bridgehead atoms. The van der Waals surface area contributed by atoms with E-state index in [4.69, 9.17) is 17.3 Å². The second-order valence-electron chi connectivity index (χ2n) is 2.25. The van der Waals surface area contributed by atoms with E-state index < -0.39 is 10.6 Å². The molecule has 1 rings (SSSR count). The van der Waals surface area contributed by atoms with E-state index in [0.29, 0.717) is 0 Å². The zero-order chi connectivity index (χ0) is 11.4. The van der Waals surface area contributed by atoms with Crippen LogP contribution in [0.1, 0.15) is 0 Å².